The number of thiophene rings is 1. The Kier molecular flexibility index (Phi) is 3.31. The zero-order chi connectivity index (χ0) is 13.2. The van der Waals surface area contributed by atoms with Crippen molar-refractivity contribution in [2.24, 2.45) is 0 Å². The molecular weight excluding hydrogens is 276 g/mol. The van der Waals surface area contributed by atoms with E-state index in [1.54, 1.807) is 18.4 Å². The van der Waals surface area contributed by atoms with E-state index in [1.165, 1.54) is 21.4 Å². The maximum atomic E-state index is 11.3. The van der Waals surface area contributed by atoms with Gasteiger partial charge in [-0.2, -0.15) is 0 Å². The van der Waals surface area contributed by atoms with E-state index >= 15 is 0 Å². The molecule has 1 N–H and O–H groups in total. The van der Waals surface area contributed by atoms with Crippen molar-refractivity contribution in [3.63, 3.8) is 0 Å². The maximum absolute atomic E-state index is 11.3. The summed E-state index contributed by atoms with van der Waals surface area (Å²) in [5.41, 5.74) is 2.11. The lowest BCUT2D eigenvalue weighted by Gasteiger charge is -1.95. The van der Waals surface area contributed by atoms with Gasteiger partial charge in [-0.1, -0.05) is 18.2 Å². The Balaban J connectivity index is 1.96. The Hall–Kier alpha value is -1.72. The molecule has 0 aliphatic heterocycles. The van der Waals surface area contributed by atoms with Gasteiger partial charge in [0.1, 0.15) is 5.01 Å². The van der Waals surface area contributed by atoms with Crippen LogP contribution in [0.3, 0.4) is 0 Å². The van der Waals surface area contributed by atoms with E-state index in [9.17, 15) is 4.79 Å². The second-order valence-electron chi connectivity index (χ2n) is 4.12. The van der Waals surface area contributed by atoms with Crippen LogP contribution in [-0.2, 0) is 11.2 Å². The Morgan fingerprint density at radius 2 is 2.11 bits per heavy atom. The average molecular weight is 288 g/mol. The van der Waals surface area contributed by atoms with Gasteiger partial charge in [0.2, 0.25) is 5.91 Å². The van der Waals surface area contributed by atoms with Crippen molar-refractivity contribution in [3.8, 4) is 11.3 Å². The molecule has 1 aromatic carbocycles. The maximum Gasteiger partial charge on any atom is 0.226 e. The molecule has 1 amide bonds. The molecule has 0 aliphatic rings. The summed E-state index contributed by atoms with van der Waals surface area (Å²) in [7, 11) is 1.64. The molecule has 2 aromatic heterocycles. The van der Waals surface area contributed by atoms with Crippen molar-refractivity contribution in [2.45, 2.75) is 6.42 Å². The quantitative estimate of drug-likeness (QED) is 0.803. The first-order chi connectivity index (χ1) is 9.28. The van der Waals surface area contributed by atoms with Crippen LogP contribution in [0, 0.1) is 0 Å². The summed E-state index contributed by atoms with van der Waals surface area (Å²) in [6, 6.07) is 8.30. The monoisotopic (exact) mass is 288 g/mol. The predicted molar refractivity (Wildman–Crippen MR) is 80.7 cm³/mol. The highest BCUT2D eigenvalue weighted by atomic mass is 32.1. The largest absolute Gasteiger partial charge is 0.359 e. The smallest absolute Gasteiger partial charge is 0.226 e. The van der Waals surface area contributed by atoms with E-state index in [1.807, 2.05) is 17.5 Å². The lowest BCUT2D eigenvalue weighted by atomic mass is 10.1. The highest BCUT2D eigenvalue weighted by molar-refractivity contribution is 7.17. The van der Waals surface area contributed by atoms with Gasteiger partial charge in [-0.25, -0.2) is 4.98 Å². The fraction of sp³-hybridized carbons (Fsp3) is 0.143. The van der Waals surface area contributed by atoms with Crippen LogP contribution in [0.5, 0.6) is 0 Å². The molecule has 0 radical (unpaired) electrons. The van der Waals surface area contributed by atoms with Gasteiger partial charge in [0, 0.05) is 33.5 Å². The topological polar surface area (TPSA) is 42.0 Å². The third-order valence-electron chi connectivity index (χ3n) is 2.90. The van der Waals surface area contributed by atoms with Gasteiger partial charge in [0.15, 0.2) is 0 Å². The van der Waals surface area contributed by atoms with Crippen molar-refractivity contribution in [2.75, 3.05) is 7.05 Å². The summed E-state index contributed by atoms with van der Waals surface area (Å²) in [6.45, 7) is 0. The SMILES string of the molecule is CNC(=O)Cc1nc(-c2csc3ccccc23)cs1. The van der Waals surface area contributed by atoms with E-state index in [-0.39, 0.29) is 5.91 Å². The summed E-state index contributed by atoms with van der Waals surface area (Å²) < 4.78 is 1.26. The van der Waals surface area contributed by atoms with Crippen LogP contribution in [0.25, 0.3) is 21.3 Å². The highest BCUT2D eigenvalue weighted by Crippen LogP contribution is 2.34. The Morgan fingerprint density at radius 1 is 1.26 bits per heavy atom. The molecule has 0 saturated carbocycles. The number of hydrogen-bond donors (Lipinski definition) is 1. The minimum Gasteiger partial charge on any atom is -0.359 e. The molecule has 3 aromatic rings. The summed E-state index contributed by atoms with van der Waals surface area (Å²) in [5.74, 6) is -0.00363. The number of hydrogen-bond acceptors (Lipinski definition) is 4. The third kappa shape index (κ3) is 2.39. The Bertz CT molecular complexity index is 730. The van der Waals surface area contributed by atoms with Crippen molar-refractivity contribution >= 4 is 38.7 Å². The molecule has 3 nitrogen and oxygen atoms in total. The Morgan fingerprint density at radius 3 is 2.95 bits per heavy atom. The molecule has 0 aliphatic carbocycles. The summed E-state index contributed by atoms with van der Waals surface area (Å²) >= 11 is 3.25. The van der Waals surface area contributed by atoms with Gasteiger partial charge in [-0.15, -0.1) is 22.7 Å². The summed E-state index contributed by atoms with van der Waals surface area (Å²) in [6.07, 6.45) is 0.350. The van der Waals surface area contributed by atoms with Gasteiger partial charge in [-0.05, 0) is 6.07 Å². The third-order valence-corrected chi connectivity index (χ3v) is 4.71. The summed E-state index contributed by atoms with van der Waals surface area (Å²) in [5, 5.41) is 8.84. The second kappa shape index (κ2) is 5.11. The van der Waals surface area contributed by atoms with Crippen LogP contribution < -0.4 is 5.32 Å². The molecule has 3 rings (SSSR count). The molecule has 0 spiro atoms. The van der Waals surface area contributed by atoms with Crippen LogP contribution in [0.2, 0.25) is 0 Å². The fourth-order valence-corrected chi connectivity index (χ4v) is 3.67. The number of thiazole rings is 1. The molecule has 0 fully saturated rings. The number of likely N-dealkylation sites (N-methyl/N-ethyl adjacent to an activating group) is 1. The van der Waals surface area contributed by atoms with Gasteiger partial charge in [0.25, 0.3) is 0 Å². The number of carbonyl (C=O) groups excluding carboxylic acids is 1. The first-order valence-electron chi connectivity index (χ1n) is 5.89. The minimum atomic E-state index is -0.00363. The summed E-state index contributed by atoms with van der Waals surface area (Å²) in [4.78, 5) is 15.9. The van der Waals surface area contributed by atoms with Gasteiger partial charge in [0.05, 0.1) is 12.1 Å². The number of nitrogens with zero attached hydrogens (tertiary/aromatic N) is 1. The first kappa shape index (κ1) is 12.3. The predicted octanol–water partition coefficient (Wildman–Crippen LogP) is 3.31. The van der Waals surface area contributed by atoms with Gasteiger partial charge >= 0.3 is 0 Å². The molecule has 0 unspecified atom stereocenters. The number of benzene rings is 1. The first-order valence-corrected chi connectivity index (χ1v) is 7.65. The van der Waals surface area contributed by atoms with E-state index in [4.69, 9.17) is 0 Å². The zero-order valence-corrected chi connectivity index (χ0v) is 12.0. The van der Waals surface area contributed by atoms with Crippen LogP contribution >= 0.6 is 22.7 Å². The van der Waals surface area contributed by atoms with Crippen molar-refractivity contribution in [1.29, 1.82) is 0 Å². The molecule has 0 saturated heterocycles. The van der Waals surface area contributed by atoms with Crippen LogP contribution in [0.1, 0.15) is 5.01 Å². The van der Waals surface area contributed by atoms with Crippen LogP contribution in [-0.4, -0.2) is 17.9 Å². The lowest BCUT2D eigenvalue weighted by molar-refractivity contribution is -0.119. The second-order valence-corrected chi connectivity index (χ2v) is 5.98. The van der Waals surface area contributed by atoms with E-state index in [0.29, 0.717) is 6.42 Å². The van der Waals surface area contributed by atoms with E-state index in [2.05, 4.69) is 27.8 Å². The number of nitrogens with one attached hydrogen (secondary N) is 1. The van der Waals surface area contributed by atoms with Gasteiger partial charge in [-0.3, -0.25) is 4.79 Å². The normalized spacial score (nSPS) is 10.8. The number of amides is 1. The molecule has 2 heterocycles. The van der Waals surface area contributed by atoms with Crippen molar-refractivity contribution < 1.29 is 4.79 Å². The zero-order valence-electron chi connectivity index (χ0n) is 10.3. The molecule has 0 bridgehead atoms. The number of aromatic nitrogens is 1. The highest BCUT2D eigenvalue weighted by Gasteiger charge is 2.11. The number of fused-ring (bicyclic) bond motifs is 1. The Labute approximate surface area is 118 Å². The fourth-order valence-electron chi connectivity index (χ4n) is 1.92. The molecular formula is C14H12N2OS2. The van der Waals surface area contributed by atoms with Crippen LogP contribution in [0.4, 0.5) is 0 Å². The lowest BCUT2D eigenvalue weighted by Crippen LogP contribution is -2.19. The van der Waals surface area contributed by atoms with Gasteiger partial charge < -0.3 is 5.32 Å². The standard InChI is InChI=1S/C14H12N2OS2/c1-15-13(17)6-14-16-11(8-19-14)10-7-18-12-5-3-2-4-9(10)12/h2-5,7-8H,6H2,1H3,(H,15,17). The molecule has 0 atom stereocenters. The average Bonchev–Trinajstić information content (AvgIpc) is 3.04. The van der Waals surface area contributed by atoms with E-state index in [0.717, 1.165) is 16.3 Å². The number of rotatable bonds is 3. The number of carbonyl (C=O) groups is 1. The molecule has 19 heavy (non-hydrogen) atoms. The van der Waals surface area contributed by atoms with Crippen LogP contribution in [0.15, 0.2) is 35.0 Å². The van der Waals surface area contributed by atoms with Crippen molar-refractivity contribution in [1.82, 2.24) is 10.3 Å². The molecule has 96 valence electrons. The van der Waals surface area contributed by atoms with Crippen molar-refractivity contribution in [3.05, 3.63) is 40.0 Å². The van der Waals surface area contributed by atoms with E-state index < -0.39 is 0 Å². The minimum absolute atomic E-state index is 0.00363. The molecule has 5 heteroatoms.